The van der Waals surface area contributed by atoms with Gasteiger partial charge in [-0.1, -0.05) is 18.2 Å². The molecule has 0 saturated carbocycles. The molecular weight excluding hydrogens is 238 g/mol. The fourth-order valence-electron chi connectivity index (χ4n) is 2.70. The molecule has 3 heteroatoms. The highest BCUT2D eigenvalue weighted by Crippen LogP contribution is 2.33. The topological polar surface area (TPSA) is 31.2 Å². The summed E-state index contributed by atoms with van der Waals surface area (Å²) >= 11 is 0. The average molecular weight is 253 g/mol. The molecule has 96 valence electrons. The molecule has 19 heavy (non-hydrogen) atoms. The van der Waals surface area contributed by atoms with Crippen LogP contribution in [0.3, 0.4) is 0 Å². The number of aryl methyl sites for hydroxylation is 1. The Morgan fingerprint density at radius 3 is 2.63 bits per heavy atom. The summed E-state index contributed by atoms with van der Waals surface area (Å²) in [4.78, 5) is 11.2. The maximum atomic E-state index is 11.2. The van der Waals surface area contributed by atoms with Gasteiger partial charge in [0.15, 0.2) is 6.29 Å². The molecular formula is C16H15NO2. The molecule has 0 atom stereocenters. The third-order valence-electron chi connectivity index (χ3n) is 3.57. The Kier molecular flexibility index (Phi) is 2.75. The van der Waals surface area contributed by atoms with Crippen molar-refractivity contribution in [1.82, 2.24) is 4.57 Å². The average Bonchev–Trinajstić information content (AvgIpc) is 2.78. The SMILES string of the molecule is CCn1c2ccccc2c2cc(C=O)c(OC)cc21. The molecule has 1 heterocycles. The van der Waals surface area contributed by atoms with Gasteiger partial charge in [-0.15, -0.1) is 0 Å². The van der Waals surface area contributed by atoms with Gasteiger partial charge in [-0.05, 0) is 19.1 Å². The first-order valence-electron chi connectivity index (χ1n) is 6.34. The molecule has 0 aliphatic carbocycles. The lowest BCUT2D eigenvalue weighted by atomic mass is 10.1. The van der Waals surface area contributed by atoms with Crippen LogP contribution in [-0.2, 0) is 6.54 Å². The second-order valence-electron chi connectivity index (χ2n) is 4.49. The van der Waals surface area contributed by atoms with E-state index in [1.807, 2.05) is 24.3 Å². The first-order valence-corrected chi connectivity index (χ1v) is 6.34. The highest BCUT2D eigenvalue weighted by atomic mass is 16.5. The first kappa shape index (κ1) is 11.8. The van der Waals surface area contributed by atoms with Crippen LogP contribution in [0.2, 0.25) is 0 Å². The van der Waals surface area contributed by atoms with Crippen LogP contribution >= 0.6 is 0 Å². The molecule has 1 aromatic heterocycles. The fraction of sp³-hybridized carbons (Fsp3) is 0.188. The predicted molar refractivity (Wildman–Crippen MR) is 77.1 cm³/mol. The molecule has 0 bridgehead atoms. The van der Waals surface area contributed by atoms with Gasteiger partial charge >= 0.3 is 0 Å². The molecule has 0 spiro atoms. The first-order chi connectivity index (χ1) is 9.30. The predicted octanol–water partition coefficient (Wildman–Crippen LogP) is 3.64. The summed E-state index contributed by atoms with van der Waals surface area (Å²) in [7, 11) is 1.59. The van der Waals surface area contributed by atoms with Crippen LogP contribution in [0.25, 0.3) is 21.8 Å². The van der Waals surface area contributed by atoms with Crippen molar-refractivity contribution in [3.05, 3.63) is 42.0 Å². The standard InChI is InChI=1S/C16H15NO2/c1-3-17-14-7-5-4-6-12(14)13-8-11(10-18)16(19-2)9-15(13)17/h4-10H,3H2,1-2H3. The summed E-state index contributed by atoms with van der Waals surface area (Å²) in [5.74, 6) is 0.625. The molecule has 0 N–H and O–H groups in total. The molecule has 0 fully saturated rings. The van der Waals surface area contributed by atoms with Gasteiger partial charge in [0.25, 0.3) is 0 Å². The zero-order chi connectivity index (χ0) is 13.4. The van der Waals surface area contributed by atoms with Gasteiger partial charge in [0.1, 0.15) is 5.75 Å². The van der Waals surface area contributed by atoms with E-state index in [-0.39, 0.29) is 0 Å². The number of rotatable bonds is 3. The van der Waals surface area contributed by atoms with E-state index in [9.17, 15) is 4.79 Å². The zero-order valence-corrected chi connectivity index (χ0v) is 11.0. The van der Waals surface area contributed by atoms with E-state index in [1.165, 1.54) is 10.9 Å². The maximum Gasteiger partial charge on any atom is 0.153 e. The molecule has 3 aromatic rings. The van der Waals surface area contributed by atoms with Crippen LogP contribution in [0, 0.1) is 0 Å². The number of fused-ring (bicyclic) bond motifs is 3. The van der Waals surface area contributed by atoms with E-state index in [0.717, 1.165) is 23.7 Å². The smallest absolute Gasteiger partial charge is 0.153 e. The van der Waals surface area contributed by atoms with Crippen molar-refractivity contribution >= 4 is 28.1 Å². The number of hydrogen-bond donors (Lipinski definition) is 0. The van der Waals surface area contributed by atoms with Gasteiger partial charge in [-0.3, -0.25) is 4.79 Å². The largest absolute Gasteiger partial charge is 0.496 e. The molecule has 0 radical (unpaired) electrons. The van der Waals surface area contributed by atoms with Gasteiger partial charge in [0, 0.05) is 28.9 Å². The second-order valence-corrected chi connectivity index (χ2v) is 4.49. The number of aldehydes is 1. The van der Waals surface area contributed by atoms with Crippen LogP contribution in [0.4, 0.5) is 0 Å². The third kappa shape index (κ3) is 1.62. The summed E-state index contributed by atoms with van der Waals surface area (Å²) in [6.07, 6.45) is 0.844. The van der Waals surface area contributed by atoms with E-state index in [4.69, 9.17) is 4.74 Å². The quantitative estimate of drug-likeness (QED) is 0.667. The van der Waals surface area contributed by atoms with E-state index < -0.39 is 0 Å². The number of carbonyl (C=O) groups excluding carboxylic acids is 1. The zero-order valence-electron chi connectivity index (χ0n) is 11.0. The van der Waals surface area contributed by atoms with Crippen molar-refractivity contribution in [1.29, 1.82) is 0 Å². The van der Waals surface area contributed by atoms with Gasteiger partial charge in [0.2, 0.25) is 0 Å². The molecule has 0 aliphatic rings. The Morgan fingerprint density at radius 2 is 1.95 bits per heavy atom. The Hall–Kier alpha value is -2.29. The highest BCUT2D eigenvalue weighted by molar-refractivity contribution is 6.10. The number of ether oxygens (including phenoxy) is 1. The Morgan fingerprint density at radius 1 is 1.16 bits per heavy atom. The van der Waals surface area contributed by atoms with Crippen molar-refractivity contribution in [2.24, 2.45) is 0 Å². The van der Waals surface area contributed by atoms with Crippen LogP contribution in [-0.4, -0.2) is 18.0 Å². The Bertz CT molecular complexity index is 771. The van der Waals surface area contributed by atoms with Crippen LogP contribution < -0.4 is 4.74 Å². The molecule has 0 unspecified atom stereocenters. The number of para-hydroxylation sites is 1. The molecule has 0 amide bonds. The highest BCUT2D eigenvalue weighted by Gasteiger charge is 2.13. The molecule has 0 saturated heterocycles. The number of nitrogens with zero attached hydrogens (tertiary/aromatic N) is 1. The van der Waals surface area contributed by atoms with E-state index in [2.05, 4.69) is 23.6 Å². The van der Waals surface area contributed by atoms with Crippen molar-refractivity contribution in [3.8, 4) is 5.75 Å². The Labute approximate surface area is 111 Å². The van der Waals surface area contributed by atoms with Gasteiger partial charge in [-0.25, -0.2) is 0 Å². The molecule has 0 aliphatic heterocycles. The minimum absolute atomic E-state index is 0.592. The number of methoxy groups -OCH3 is 1. The monoisotopic (exact) mass is 253 g/mol. The number of benzene rings is 2. The lowest BCUT2D eigenvalue weighted by Gasteiger charge is -2.06. The van der Waals surface area contributed by atoms with Crippen molar-refractivity contribution in [2.45, 2.75) is 13.5 Å². The van der Waals surface area contributed by atoms with Crippen LogP contribution in [0.1, 0.15) is 17.3 Å². The second kappa shape index (κ2) is 4.43. The molecule has 3 nitrogen and oxygen atoms in total. The lowest BCUT2D eigenvalue weighted by molar-refractivity contribution is 0.112. The van der Waals surface area contributed by atoms with Crippen LogP contribution in [0.5, 0.6) is 5.75 Å². The van der Waals surface area contributed by atoms with Crippen molar-refractivity contribution in [3.63, 3.8) is 0 Å². The third-order valence-corrected chi connectivity index (χ3v) is 3.57. The summed E-state index contributed by atoms with van der Waals surface area (Å²) in [6.45, 7) is 3.00. The van der Waals surface area contributed by atoms with Gasteiger partial charge in [-0.2, -0.15) is 0 Å². The number of hydrogen-bond acceptors (Lipinski definition) is 2. The summed E-state index contributed by atoms with van der Waals surface area (Å²) in [6, 6.07) is 12.1. The minimum Gasteiger partial charge on any atom is -0.496 e. The van der Waals surface area contributed by atoms with Gasteiger partial charge < -0.3 is 9.30 Å². The summed E-state index contributed by atoms with van der Waals surface area (Å²) in [5, 5.41) is 2.27. The fourth-order valence-corrected chi connectivity index (χ4v) is 2.70. The lowest BCUT2D eigenvalue weighted by Crippen LogP contribution is -1.95. The Balaban J connectivity index is 2.51. The minimum atomic E-state index is 0.592. The number of carbonyl (C=O) groups is 1. The summed E-state index contributed by atoms with van der Waals surface area (Å²) < 4.78 is 7.53. The molecule has 3 rings (SSSR count). The summed E-state index contributed by atoms with van der Waals surface area (Å²) in [5.41, 5.74) is 2.88. The van der Waals surface area contributed by atoms with Gasteiger partial charge in [0.05, 0.1) is 18.2 Å². The van der Waals surface area contributed by atoms with E-state index in [0.29, 0.717) is 11.3 Å². The maximum absolute atomic E-state index is 11.2. The van der Waals surface area contributed by atoms with Crippen LogP contribution in [0.15, 0.2) is 36.4 Å². The van der Waals surface area contributed by atoms with Crippen molar-refractivity contribution in [2.75, 3.05) is 7.11 Å². The number of aromatic nitrogens is 1. The van der Waals surface area contributed by atoms with E-state index >= 15 is 0 Å². The van der Waals surface area contributed by atoms with E-state index in [1.54, 1.807) is 7.11 Å². The molecule has 2 aromatic carbocycles. The normalized spacial score (nSPS) is 11.1. The van der Waals surface area contributed by atoms with Crippen molar-refractivity contribution < 1.29 is 9.53 Å².